The van der Waals surface area contributed by atoms with E-state index < -0.39 is 100 Å². The summed E-state index contributed by atoms with van der Waals surface area (Å²) in [4.78, 5) is 0. The van der Waals surface area contributed by atoms with Gasteiger partial charge in [-0.2, -0.15) is 0 Å². The summed E-state index contributed by atoms with van der Waals surface area (Å²) in [5, 5.41) is 0. The predicted octanol–water partition coefficient (Wildman–Crippen LogP) is -12.3. The smallest absolute Gasteiger partial charge is 0.286 e. The molecule has 0 aromatic rings. The maximum absolute atomic E-state index is 5.40. The van der Waals surface area contributed by atoms with Gasteiger partial charge in [0.1, 0.15) is 21.0 Å². The zero-order valence-electron chi connectivity index (χ0n) is 13.6. The van der Waals surface area contributed by atoms with Crippen molar-refractivity contribution in [2.45, 2.75) is 0 Å². The van der Waals surface area contributed by atoms with Crippen LogP contribution in [0.5, 0.6) is 0 Å². The third-order valence-electron chi connectivity index (χ3n) is 1.74. The molecule has 140 valence electrons. The summed E-state index contributed by atoms with van der Waals surface area (Å²) in [5.74, 6) is 0. The van der Waals surface area contributed by atoms with E-state index in [0.29, 0.717) is 0 Å². The average Bonchev–Trinajstić information content (AvgIpc) is 2.57. The molecule has 0 bridgehead atoms. The van der Waals surface area contributed by atoms with Gasteiger partial charge >= 0.3 is 0 Å². The highest BCUT2D eigenvalue weighted by Crippen LogP contribution is 1.78. The summed E-state index contributed by atoms with van der Waals surface area (Å²) in [6, 6.07) is 0. The molecule has 0 aliphatic carbocycles. The minimum atomic E-state index is -0.951. The third-order valence-corrected chi connectivity index (χ3v) is 15.6. The molecule has 0 aromatic heterocycles. The lowest BCUT2D eigenvalue weighted by Gasteiger charge is -2.08. The van der Waals surface area contributed by atoms with Crippen molar-refractivity contribution < 1.29 is 45.3 Å². The number of rotatable bonds is 20. The Kier molecular flexibility index (Phi) is 26.4. The minimum Gasteiger partial charge on any atom is -0.449 e. The molecule has 0 saturated heterocycles. The molecule has 0 unspecified atom stereocenters. The van der Waals surface area contributed by atoms with Crippen LogP contribution in [-0.2, 0) is 45.3 Å². The molecule has 0 aromatic carbocycles. The molecule has 0 rings (SSSR count). The molecule has 0 spiro atoms. The Labute approximate surface area is 165 Å². The van der Waals surface area contributed by atoms with E-state index in [1.54, 1.807) is 0 Å². The molecule has 0 saturated carbocycles. The number of hydrogen-bond acceptors (Lipinski definition) is 11. The number of hydrogen-bond donors (Lipinski definition) is 0. The SMILES string of the molecule is [SiH3]O[SiH2]O[SiH2]O[SiH2]O[SiH2]O[SiH2]O[SiH2]O[SiH2]O[SiH2]O[SiH2]O[SiH2]O[SiH3]. The van der Waals surface area contributed by atoms with Crippen LogP contribution in [0.1, 0.15) is 0 Å². The van der Waals surface area contributed by atoms with Crippen LogP contribution in [0.2, 0.25) is 0 Å². The lowest BCUT2D eigenvalue weighted by molar-refractivity contribution is 0.360. The molecule has 0 aliphatic heterocycles. The van der Waals surface area contributed by atoms with Gasteiger partial charge in [0.15, 0.2) is 0 Å². The van der Waals surface area contributed by atoms with Gasteiger partial charge in [0, 0.05) is 0 Å². The quantitative estimate of drug-likeness (QED) is 0.109. The van der Waals surface area contributed by atoms with Crippen LogP contribution >= 0.6 is 0 Å². The first-order valence-corrected chi connectivity index (χ1v) is 19.8. The van der Waals surface area contributed by atoms with Crippen LogP contribution in [0.25, 0.3) is 0 Å². The molecule has 0 atom stereocenters. The molecule has 0 heterocycles. The largest absolute Gasteiger partial charge is 0.449 e. The topological polar surface area (TPSA) is 102 Å². The Morgan fingerprint density at radius 3 is 0.652 bits per heavy atom. The van der Waals surface area contributed by atoms with Gasteiger partial charge in [0.2, 0.25) is 0 Å². The van der Waals surface area contributed by atoms with E-state index in [9.17, 15) is 0 Å². The fraction of sp³-hybridized carbons (Fsp3) is 0. The highest BCUT2D eigenvalue weighted by atomic mass is 28.4. The minimum absolute atomic E-state index is 0.741. The van der Waals surface area contributed by atoms with Crippen molar-refractivity contribution in [2.24, 2.45) is 0 Å². The first kappa shape index (κ1) is 25.2. The second-order valence-electron chi connectivity index (χ2n) is 3.59. The lowest BCUT2D eigenvalue weighted by atomic mass is 15.7. The van der Waals surface area contributed by atoms with E-state index in [1.807, 2.05) is 0 Å². The van der Waals surface area contributed by atoms with Crippen molar-refractivity contribution in [3.05, 3.63) is 0 Å². The zero-order valence-corrected chi connectivity index (χ0v) is 31.7. The van der Waals surface area contributed by atoms with Crippen molar-refractivity contribution in [2.75, 3.05) is 0 Å². The highest BCUT2D eigenvalue weighted by molar-refractivity contribution is 6.50. The van der Waals surface area contributed by atoms with Gasteiger partial charge in [0.05, 0.1) is 0 Å². The van der Waals surface area contributed by atoms with Gasteiger partial charge < -0.3 is 45.3 Å². The van der Waals surface area contributed by atoms with Crippen LogP contribution in [0, 0.1) is 0 Å². The molecule has 23 heavy (non-hydrogen) atoms. The lowest BCUT2D eigenvalue weighted by Crippen LogP contribution is -2.21. The van der Waals surface area contributed by atoms with Crippen LogP contribution in [0.15, 0.2) is 0 Å². The second kappa shape index (κ2) is 24.2. The first-order chi connectivity index (χ1) is 11.4. The Morgan fingerprint density at radius 2 is 0.478 bits per heavy atom. The average molecular weight is 539 g/mol. The maximum Gasteiger partial charge on any atom is 0.286 e. The van der Waals surface area contributed by atoms with Crippen molar-refractivity contribution in [1.29, 1.82) is 0 Å². The standard InChI is InChI=1S/H26O11Si12/c12-1-14-3-16-5-18-7-20-9-22-11-23-10-21-8-19-6-17-4-15-2-13/h14-23H2,12-13H3. The van der Waals surface area contributed by atoms with Crippen LogP contribution < -0.4 is 0 Å². The van der Waals surface area contributed by atoms with Crippen molar-refractivity contribution in [1.82, 2.24) is 0 Å². The Morgan fingerprint density at radius 1 is 0.304 bits per heavy atom. The molecule has 0 amide bonds. The molecule has 0 aliphatic rings. The van der Waals surface area contributed by atoms with Gasteiger partial charge in [0.25, 0.3) is 100 Å². The summed E-state index contributed by atoms with van der Waals surface area (Å²) >= 11 is 0. The summed E-state index contributed by atoms with van der Waals surface area (Å²) in [7, 11) is -7.31. The van der Waals surface area contributed by atoms with E-state index >= 15 is 0 Å². The monoisotopic (exact) mass is 538 g/mol. The zero-order chi connectivity index (χ0) is 16.8. The van der Waals surface area contributed by atoms with Crippen LogP contribution in [0.4, 0.5) is 0 Å². The van der Waals surface area contributed by atoms with Crippen molar-refractivity contribution in [3.8, 4) is 0 Å². The molecular formula is H26O11Si12. The van der Waals surface area contributed by atoms with Crippen LogP contribution in [-0.4, -0.2) is 121 Å². The van der Waals surface area contributed by atoms with Crippen LogP contribution in [0.3, 0.4) is 0 Å². The predicted molar refractivity (Wildman–Crippen MR) is 117 cm³/mol. The van der Waals surface area contributed by atoms with E-state index in [-0.39, 0.29) is 0 Å². The Balaban J connectivity index is 2.92. The summed E-state index contributed by atoms with van der Waals surface area (Å²) in [5.41, 5.74) is 0. The summed E-state index contributed by atoms with van der Waals surface area (Å²) < 4.78 is 58.1. The van der Waals surface area contributed by atoms with E-state index in [0.717, 1.165) is 21.0 Å². The van der Waals surface area contributed by atoms with Gasteiger partial charge in [-0.3, -0.25) is 0 Å². The Bertz CT molecular complexity index is 187. The van der Waals surface area contributed by atoms with E-state index in [1.165, 1.54) is 0 Å². The third kappa shape index (κ3) is 24.2. The fourth-order valence-electron chi connectivity index (χ4n) is 0.944. The van der Waals surface area contributed by atoms with Gasteiger partial charge in [-0.25, -0.2) is 0 Å². The fourth-order valence-corrected chi connectivity index (χ4v) is 20.0. The molecule has 23 heteroatoms. The highest BCUT2D eigenvalue weighted by Gasteiger charge is 1.96. The molecule has 0 fully saturated rings. The van der Waals surface area contributed by atoms with Crippen molar-refractivity contribution >= 4 is 121 Å². The molecular weight excluding hydrogens is 513 g/mol. The van der Waals surface area contributed by atoms with Gasteiger partial charge in [-0.05, 0) is 0 Å². The molecule has 0 N–H and O–H groups in total. The first-order valence-electron chi connectivity index (χ1n) is 6.59. The second-order valence-corrected chi connectivity index (χ2v) is 25.3. The van der Waals surface area contributed by atoms with E-state index in [4.69, 9.17) is 45.3 Å². The Hall–Kier alpha value is 2.16. The normalized spacial score (nSPS) is 16.7. The summed E-state index contributed by atoms with van der Waals surface area (Å²) in [6.45, 7) is 0. The maximum atomic E-state index is 5.40. The van der Waals surface area contributed by atoms with E-state index in [2.05, 4.69) is 0 Å². The van der Waals surface area contributed by atoms with Gasteiger partial charge in [-0.15, -0.1) is 0 Å². The summed E-state index contributed by atoms with van der Waals surface area (Å²) in [6.07, 6.45) is 0. The molecule has 0 radical (unpaired) electrons. The van der Waals surface area contributed by atoms with Gasteiger partial charge in [-0.1, -0.05) is 0 Å². The molecule has 11 nitrogen and oxygen atoms in total. The van der Waals surface area contributed by atoms with Crippen molar-refractivity contribution in [3.63, 3.8) is 0 Å².